The Morgan fingerprint density at radius 3 is 1.73 bits per heavy atom. The van der Waals surface area contributed by atoms with Gasteiger partial charge in [0.1, 0.15) is 0 Å². The lowest BCUT2D eigenvalue weighted by atomic mass is 9.77. The van der Waals surface area contributed by atoms with Gasteiger partial charge in [-0.1, -0.05) is 45.0 Å². The molecule has 0 bridgehead atoms. The van der Waals surface area contributed by atoms with E-state index in [1.54, 1.807) is 13.8 Å². The van der Waals surface area contributed by atoms with E-state index in [9.17, 15) is 14.4 Å². The van der Waals surface area contributed by atoms with E-state index in [-0.39, 0.29) is 5.41 Å². The molecule has 1 aromatic carbocycles. The van der Waals surface area contributed by atoms with E-state index in [4.69, 9.17) is 0 Å². The summed E-state index contributed by atoms with van der Waals surface area (Å²) in [5.74, 6) is -1.56. The minimum Gasteiger partial charge on any atom is -0.263 e. The Hall–Kier alpha value is -2.17. The van der Waals surface area contributed by atoms with Crippen LogP contribution in [0.25, 0.3) is 0 Å². The molecule has 2 rings (SSSR count). The normalized spacial score (nSPS) is 16.7. The van der Waals surface area contributed by atoms with Crippen LogP contribution in [-0.4, -0.2) is 34.7 Å². The third-order valence-corrected chi connectivity index (χ3v) is 4.12. The van der Waals surface area contributed by atoms with E-state index >= 15 is 0 Å². The number of rotatable bonds is 2. The summed E-state index contributed by atoms with van der Waals surface area (Å²) in [6.07, 6.45) is 0. The number of likely N-dealkylation sites (N-methyl/N-ethyl adjacent to an activating group) is 1. The van der Waals surface area contributed by atoms with E-state index in [2.05, 4.69) is 20.8 Å². The largest absolute Gasteiger partial charge is 0.334 e. The molecule has 0 radical (unpaired) electrons. The van der Waals surface area contributed by atoms with Crippen LogP contribution in [0.15, 0.2) is 24.3 Å². The third kappa shape index (κ3) is 2.30. The van der Waals surface area contributed by atoms with Crippen LogP contribution in [0.4, 0.5) is 4.79 Å². The van der Waals surface area contributed by atoms with Crippen molar-refractivity contribution in [1.82, 2.24) is 9.80 Å². The Labute approximate surface area is 130 Å². The summed E-state index contributed by atoms with van der Waals surface area (Å²) in [7, 11) is 1.33. The van der Waals surface area contributed by atoms with E-state index in [1.807, 2.05) is 24.3 Å². The van der Waals surface area contributed by atoms with Crippen LogP contribution < -0.4 is 0 Å². The number of urea groups is 1. The maximum atomic E-state index is 12.3. The van der Waals surface area contributed by atoms with Crippen LogP contribution in [0.3, 0.4) is 0 Å². The highest BCUT2D eigenvalue weighted by molar-refractivity contribution is 6.44. The van der Waals surface area contributed by atoms with Crippen LogP contribution in [-0.2, 0) is 20.5 Å². The molecule has 1 saturated heterocycles. The second-order valence-electron chi connectivity index (χ2n) is 7.14. The minimum absolute atomic E-state index is 0.143. The fourth-order valence-corrected chi connectivity index (χ4v) is 2.85. The van der Waals surface area contributed by atoms with E-state index in [0.29, 0.717) is 0 Å². The van der Waals surface area contributed by atoms with Gasteiger partial charge in [-0.15, -0.1) is 0 Å². The molecule has 1 fully saturated rings. The molecule has 1 aliphatic heterocycles. The summed E-state index contributed by atoms with van der Waals surface area (Å²) >= 11 is 0. The molecule has 4 amide bonds. The predicted molar refractivity (Wildman–Crippen MR) is 83.2 cm³/mol. The Morgan fingerprint density at radius 1 is 0.818 bits per heavy atom. The zero-order valence-electron chi connectivity index (χ0n) is 13.9. The molecular weight excluding hydrogens is 280 g/mol. The molecule has 22 heavy (non-hydrogen) atoms. The Bertz CT molecular complexity index is 656. The first-order valence-corrected chi connectivity index (χ1v) is 7.25. The second-order valence-corrected chi connectivity index (χ2v) is 7.14. The lowest BCUT2D eigenvalue weighted by Crippen LogP contribution is -2.47. The number of hydrogen-bond acceptors (Lipinski definition) is 3. The molecule has 0 saturated carbocycles. The zero-order valence-corrected chi connectivity index (χ0v) is 13.9. The van der Waals surface area contributed by atoms with Crippen LogP contribution >= 0.6 is 0 Å². The molecule has 1 aliphatic rings. The van der Waals surface area contributed by atoms with Gasteiger partial charge < -0.3 is 0 Å². The Balaban J connectivity index is 2.60. The van der Waals surface area contributed by atoms with Gasteiger partial charge in [0.2, 0.25) is 0 Å². The fraction of sp³-hybridized carbons (Fsp3) is 0.471. The third-order valence-electron chi connectivity index (χ3n) is 4.12. The lowest BCUT2D eigenvalue weighted by Gasteiger charge is -2.37. The summed E-state index contributed by atoms with van der Waals surface area (Å²) in [4.78, 5) is 38.3. The van der Waals surface area contributed by atoms with Gasteiger partial charge in [0.05, 0.1) is 5.54 Å². The number of carbonyl (C=O) groups is 3. The number of amides is 4. The highest BCUT2D eigenvalue weighted by Gasteiger charge is 2.50. The van der Waals surface area contributed by atoms with Gasteiger partial charge in [-0.05, 0) is 30.4 Å². The van der Waals surface area contributed by atoms with E-state index < -0.39 is 23.4 Å². The van der Waals surface area contributed by atoms with Crippen molar-refractivity contribution < 1.29 is 14.4 Å². The SMILES string of the molecule is CN1C(=O)C(=O)N(C(C)(C)c2ccccc2C(C)(C)C)C1=O. The van der Waals surface area contributed by atoms with Crippen LogP contribution in [0.2, 0.25) is 0 Å². The van der Waals surface area contributed by atoms with Crippen molar-refractivity contribution >= 4 is 17.8 Å². The molecule has 0 atom stereocenters. The molecule has 0 aromatic heterocycles. The Kier molecular flexibility index (Phi) is 3.63. The first-order valence-electron chi connectivity index (χ1n) is 7.25. The molecule has 5 nitrogen and oxygen atoms in total. The van der Waals surface area contributed by atoms with Crippen LogP contribution in [0.1, 0.15) is 45.7 Å². The fourth-order valence-electron chi connectivity index (χ4n) is 2.85. The van der Waals surface area contributed by atoms with Crippen molar-refractivity contribution in [2.75, 3.05) is 7.05 Å². The van der Waals surface area contributed by atoms with Crippen molar-refractivity contribution in [1.29, 1.82) is 0 Å². The van der Waals surface area contributed by atoms with Crippen molar-refractivity contribution in [3.05, 3.63) is 35.4 Å². The lowest BCUT2D eigenvalue weighted by molar-refractivity contribution is -0.144. The molecule has 118 valence electrons. The number of carbonyl (C=O) groups excluding carboxylic acids is 3. The zero-order chi connectivity index (χ0) is 16.9. The minimum atomic E-state index is -0.904. The van der Waals surface area contributed by atoms with Gasteiger partial charge in [0.15, 0.2) is 0 Å². The summed E-state index contributed by atoms with van der Waals surface area (Å²) in [6, 6.07) is 7.13. The highest BCUT2D eigenvalue weighted by atomic mass is 16.2. The van der Waals surface area contributed by atoms with Crippen LogP contribution in [0.5, 0.6) is 0 Å². The van der Waals surface area contributed by atoms with Gasteiger partial charge in [0, 0.05) is 7.05 Å². The average Bonchev–Trinajstić information content (AvgIpc) is 2.62. The average molecular weight is 302 g/mol. The standard InChI is InChI=1S/C17H22N2O3/c1-16(2,3)11-9-7-8-10-12(11)17(4,5)19-14(21)13(20)18(6)15(19)22/h7-10H,1-6H3. The maximum Gasteiger partial charge on any atom is 0.334 e. The van der Waals surface area contributed by atoms with Gasteiger partial charge in [0.25, 0.3) is 0 Å². The summed E-state index contributed by atoms with van der Waals surface area (Å²) in [6.45, 7) is 9.81. The molecule has 0 aliphatic carbocycles. The quantitative estimate of drug-likeness (QED) is 0.623. The molecule has 0 N–H and O–H groups in total. The van der Waals surface area contributed by atoms with Crippen LogP contribution in [0, 0.1) is 0 Å². The Morgan fingerprint density at radius 2 is 1.32 bits per heavy atom. The van der Waals surface area contributed by atoms with Crippen molar-refractivity contribution in [2.24, 2.45) is 0 Å². The van der Waals surface area contributed by atoms with Crippen molar-refractivity contribution in [2.45, 2.75) is 45.6 Å². The first kappa shape index (κ1) is 16.2. The number of nitrogens with zero attached hydrogens (tertiary/aromatic N) is 2. The maximum absolute atomic E-state index is 12.3. The predicted octanol–water partition coefficient (Wildman–Crippen LogP) is 2.64. The van der Waals surface area contributed by atoms with E-state index in [0.717, 1.165) is 20.9 Å². The second kappa shape index (κ2) is 4.93. The van der Waals surface area contributed by atoms with Gasteiger partial charge in [-0.3, -0.25) is 14.5 Å². The van der Waals surface area contributed by atoms with Crippen molar-refractivity contribution in [3.8, 4) is 0 Å². The van der Waals surface area contributed by atoms with Gasteiger partial charge in [-0.2, -0.15) is 0 Å². The van der Waals surface area contributed by atoms with Gasteiger partial charge >= 0.3 is 17.8 Å². The highest BCUT2D eigenvalue weighted by Crippen LogP contribution is 2.38. The molecule has 5 heteroatoms. The van der Waals surface area contributed by atoms with Crippen molar-refractivity contribution in [3.63, 3.8) is 0 Å². The first-order chi connectivity index (χ1) is 9.99. The van der Waals surface area contributed by atoms with E-state index in [1.165, 1.54) is 7.05 Å². The summed E-state index contributed by atoms with van der Waals surface area (Å²) < 4.78 is 0. The molecule has 0 spiro atoms. The smallest absolute Gasteiger partial charge is 0.263 e. The summed E-state index contributed by atoms with van der Waals surface area (Å²) in [5.41, 5.74) is 0.864. The molecule has 1 heterocycles. The van der Waals surface area contributed by atoms with Gasteiger partial charge in [-0.25, -0.2) is 9.69 Å². The summed E-state index contributed by atoms with van der Waals surface area (Å²) in [5, 5.41) is 0. The molecular formula is C17H22N2O3. The molecule has 0 unspecified atom stereocenters. The monoisotopic (exact) mass is 302 g/mol. The number of benzene rings is 1. The topological polar surface area (TPSA) is 57.7 Å². The molecule has 1 aromatic rings. The number of hydrogen-bond donors (Lipinski definition) is 0. The number of imide groups is 2.